The number of carboxylic acid groups (broad SMARTS) is 1. The predicted molar refractivity (Wildman–Crippen MR) is 37.0 cm³/mol. The molecule has 5 heteroatoms. The van der Waals surface area contributed by atoms with Crippen molar-refractivity contribution in [2.45, 2.75) is 19.4 Å². The lowest BCUT2D eigenvalue weighted by atomic mass is 10.2. The summed E-state index contributed by atoms with van der Waals surface area (Å²) in [6, 6.07) is -0.0810. The number of rotatable bonds is 3. The van der Waals surface area contributed by atoms with E-state index in [0.29, 0.717) is 0 Å². The summed E-state index contributed by atoms with van der Waals surface area (Å²) in [6.07, 6.45) is 3.11. The quantitative estimate of drug-likeness (QED) is 0.682. The maximum Gasteiger partial charge on any atom is 0.305 e. The molecule has 1 unspecified atom stereocenters. The molecule has 0 aliphatic rings. The van der Waals surface area contributed by atoms with Gasteiger partial charge in [0.2, 0.25) is 0 Å². The van der Waals surface area contributed by atoms with E-state index in [4.69, 9.17) is 5.11 Å². The minimum atomic E-state index is -0.814. The summed E-state index contributed by atoms with van der Waals surface area (Å²) in [5, 5.41) is 15.6. The highest BCUT2D eigenvalue weighted by Gasteiger charge is 2.08. The Kier molecular flexibility index (Phi) is 2.20. The Morgan fingerprint density at radius 3 is 2.64 bits per heavy atom. The van der Waals surface area contributed by atoms with Gasteiger partial charge in [-0.05, 0) is 6.92 Å². The van der Waals surface area contributed by atoms with Crippen LogP contribution in [-0.2, 0) is 4.79 Å². The highest BCUT2D eigenvalue weighted by Crippen LogP contribution is 2.07. The summed E-state index contributed by atoms with van der Waals surface area (Å²) >= 11 is 0. The second-order valence-electron chi connectivity index (χ2n) is 2.36. The topological polar surface area (TPSA) is 68.0 Å². The van der Waals surface area contributed by atoms with Gasteiger partial charge in [0.15, 0.2) is 0 Å². The van der Waals surface area contributed by atoms with Gasteiger partial charge in [-0.15, -0.1) is 10.2 Å². The number of hydrogen-bond donors (Lipinski definition) is 1. The summed E-state index contributed by atoms with van der Waals surface area (Å²) in [5.74, 6) is -0.814. The Balaban J connectivity index is 2.56. The molecule has 1 heterocycles. The number of nitrogens with zero attached hydrogens (tertiary/aromatic N) is 3. The molecule has 0 saturated carbocycles. The van der Waals surface area contributed by atoms with E-state index in [1.807, 2.05) is 0 Å². The first kappa shape index (κ1) is 7.71. The van der Waals surface area contributed by atoms with Crippen LogP contribution in [0, 0.1) is 0 Å². The maximum absolute atomic E-state index is 10.3. The smallest absolute Gasteiger partial charge is 0.305 e. The molecule has 0 saturated heterocycles. The summed E-state index contributed by atoms with van der Waals surface area (Å²) in [4.78, 5) is 10.3. The van der Waals surface area contributed by atoms with Crippen molar-refractivity contribution < 1.29 is 9.90 Å². The van der Waals surface area contributed by atoms with Gasteiger partial charge in [-0.3, -0.25) is 4.79 Å². The molecule has 0 fully saturated rings. The zero-order chi connectivity index (χ0) is 8.27. The number of aliphatic carboxylic acids is 1. The van der Waals surface area contributed by atoms with Crippen molar-refractivity contribution >= 4 is 5.97 Å². The van der Waals surface area contributed by atoms with Gasteiger partial charge in [-0.2, -0.15) is 0 Å². The fraction of sp³-hybridized carbons (Fsp3) is 0.500. The molecule has 11 heavy (non-hydrogen) atoms. The molecule has 0 amide bonds. The zero-order valence-electron chi connectivity index (χ0n) is 6.14. The average molecular weight is 155 g/mol. The first-order valence-corrected chi connectivity index (χ1v) is 3.26. The Morgan fingerprint density at radius 2 is 2.18 bits per heavy atom. The molecule has 5 nitrogen and oxygen atoms in total. The van der Waals surface area contributed by atoms with Gasteiger partial charge in [0.1, 0.15) is 12.7 Å². The molecule has 60 valence electrons. The van der Waals surface area contributed by atoms with Crippen LogP contribution in [0.1, 0.15) is 19.4 Å². The zero-order valence-corrected chi connectivity index (χ0v) is 6.14. The number of carbonyl (C=O) groups is 1. The van der Waals surface area contributed by atoms with E-state index in [0.717, 1.165) is 0 Å². The molecule has 0 bridgehead atoms. The summed E-state index contributed by atoms with van der Waals surface area (Å²) < 4.78 is 1.66. The summed E-state index contributed by atoms with van der Waals surface area (Å²) in [5.41, 5.74) is 0. The van der Waals surface area contributed by atoms with Gasteiger partial charge < -0.3 is 9.67 Å². The Labute approximate surface area is 63.7 Å². The molecule has 0 aliphatic carbocycles. The number of hydrogen-bond acceptors (Lipinski definition) is 3. The molecule has 1 aromatic heterocycles. The highest BCUT2D eigenvalue weighted by atomic mass is 16.4. The fourth-order valence-corrected chi connectivity index (χ4v) is 0.794. The monoisotopic (exact) mass is 155 g/mol. The second kappa shape index (κ2) is 3.14. The summed E-state index contributed by atoms with van der Waals surface area (Å²) in [6.45, 7) is 1.80. The number of aromatic nitrogens is 3. The van der Waals surface area contributed by atoms with Crippen molar-refractivity contribution in [3.63, 3.8) is 0 Å². The van der Waals surface area contributed by atoms with Crippen molar-refractivity contribution in [1.29, 1.82) is 0 Å². The average Bonchev–Trinajstić information content (AvgIpc) is 2.35. The Morgan fingerprint density at radius 1 is 1.64 bits per heavy atom. The van der Waals surface area contributed by atoms with Crippen molar-refractivity contribution in [1.82, 2.24) is 14.8 Å². The van der Waals surface area contributed by atoms with Gasteiger partial charge in [-0.25, -0.2) is 0 Å². The minimum Gasteiger partial charge on any atom is -0.481 e. The normalized spacial score (nSPS) is 12.8. The van der Waals surface area contributed by atoms with Gasteiger partial charge in [0.25, 0.3) is 0 Å². The van der Waals surface area contributed by atoms with E-state index >= 15 is 0 Å². The SMILES string of the molecule is CC(CC(=O)O)n1cnnc1. The van der Waals surface area contributed by atoms with E-state index in [9.17, 15) is 4.79 Å². The van der Waals surface area contributed by atoms with Crippen LogP contribution in [0.2, 0.25) is 0 Å². The molecule has 1 aromatic rings. The van der Waals surface area contributed by atoms with Crippen LogP contribution in [-0.4, -0.2) is 25.8 Å². The fourth-order valence-electron chi connectivity index (χ4n) is 0.794. The molecule has 0 aliphatic heterocycles. The van der Waals surface area contributed by atoms with E-state index in [-0.39, 0.29) is 12.5 Å². The van der Waals surface area contributed by atoms with E-state index < -0.39 is 5.97 Å². The summed E-state index contributed by atoms with van der Waals surface area (Å²) in [7, 11) is 0. The van der Waals surface area contributed by atoms with Crippen LogP contribution in [0.3, 0.4) is 0 Å². The van der Waals surface area contributed by atoms with Crippen molar-refractivity contribution in [3.05, 3.63) is 12.7 Å². The van der Waals surface area contributed by atoms with Gasteiger partial charge in [-0.1, -0.05) is 0 Å². The van der Waals surface area contributed by atoms with Gasteiger partial charge >= 0.3 is 5.97 Å². The highest BCUT2D eigenvalue weighted by molar-refractivity contribution is 5.67. The molecule has 0 spiro atoms. The third-order valence-electron chi connectivity index (χ3n) is 1.42. The standard InChI is InChI=1S/C6H9N3O2/c1-5(2-6(10)11)9-3-7-8-4-9/h3-5H,2H2,1H3,(H,10,11). The van der Waals surface area contributed by atoms with Crippen molar-refractivity contribution in [2.24, 2.45) is 0 Å². The molecule has 0 radical (unpaired) electrons. The first-order chi connectivity index (χ1) is 5.20. The molecule has 1 rings (SSSR count). The molecular weight excluding hydrogens is 146 g/mol. The Hall–Kier alpha value is -1.39. The molecule has 1 atom stereocenters. The van der Waals surface area contributed by atoms with Crippen LogP contribution in [0.15, 0.2) is 12.7 Å². The lowest BCUT2D eigenvalue weighted by Gasteiger charge is -2.07. The molecular formula is C6H9N3O2. The Bertz CT molecular complexity index is 232. The third kappa shape index (κ3) is 2.03. The predicted octanol–water partition coefficient (Wildman–Crippen LogP) is 0.314. The van der Waals surface area contributed by atoms with Gasteiger partial charge in [0.05, 0.1) is 6.42 Å². The molecule has 1 N–H and O–H groups in total. The van der Waals surface area contributed by atoms with Crippen LogP contribution in [0.25, 0.3) is 0 Å². The van der Waals surface area contributed by atoms with Crippen LogP contribution >= 0.6 is 0 Å². The van der Waals surface area contributed by atoms with E-state index in [1.165, 1.54) is 12.7 Å². The molecule has 0 aromatic carbocycles. The third-order valence-corrected chi connectivity index (χ3v) is 1.42. The van der Waals surface area contributed by atoms with Crippen molar-refractivity contribution in [3.8, 4) is 0 Å². The minimum absolute atomic E-state index is 0.0810. The van der Waals surface area contributed by atoms with Crippen molar-refractivity contribution in [2.75, 3.05) is 0 Å². The van der Waals surface area contributed by atoms with Gasteiger partial charge in [0, 0.05) is 6.04 Å². The second-order valence-corrected chi connectivity index (χ2v) is 2.36. The van der Waals surface area contributed by atoms with E-state index in [1.54, 1.807) is 11.5 Å². The van der Waals surface area contributed by atoms with Crippen LogP contribution in [0.5, 0.6) is 0 Å². The van der Waals surface area contributed by atoms with Crippen LogP contribution < -0.4 is 0 Å². The largest absolute Gasteiger partial charge is 0.481 e. The lowest BCUT2D eigenvalue weighted by Crippen LogP contribution is -2.08. The van der Waals surface area contributed by atoms with Crippen LogP contribution in [0.4, 0.5) is 0 Å². The first-order valence-electron chi connectivity index (χ1n) is 3.26. The maximum atomic E-state index is 10.3. The lowest BCUT2D eigenvalue weighted by molar-refractivity contribution is -0.137. The van der Waals surface area contributed by atoms with E-state index in [2.05, 4.69) is 10.2 Å². The number of carboxylic acids is 1.